The van der Waals surface area contributed by atoms with Gasteiger partial charge in [0.25, 0.3) is 5.91 Å². The average molecular weight is 462 g/mol. The molecule has 3 aromatic rings. The molecule has 0 bridgehead atoms. The molecule has 0 unspecified atom stereocenters. The molecule has 1 amide bonds. The molecule has 28 heavy (non-hydrogen) atoms. The maximum Gasteiger partial charge on any atom is 0.277 e. The highest BCUT2D eigenvalue weighted by molar-refractivity contribution is 9.10. The molecule has 1 aromatic heterocycles. The highest BCUT2D eigenvalue weighted by atomic mass is 79.9. The summed E-state index contributed by atoms with van der Waals surface area (Å²) in [6.07, 6.45) is 1.44. The van der Waals surface area contributed by atoms with Crippen LogP contribution in [0.15, 0.2) is 62.5 Å². The Hall–Kier alpha value is -2.57. The van der Waals surface area contributed by atoms with Crippen LogP contribution in [0.2, 0.25) is 5.02 Å². The Morgan fingerprint density at radius 2 is 1.96 bits per heavy atom. The zero-order chi connectivity index (χ0) is 20.1. The van der Waals surface area contributed by atoms with Crippen molar-refractivity contribution in [2.45, 2.75) is 13.8 Å². The number of halogens is 2. The van der Waals surface area contributed by atoms with Crippen LogP contribution in [0.4, 0.5) is 0 Å². The van der Waals surface area contributed by atoms with E-state index < -0.39 is 0 Å². The molecule has 0 aliphatic carbocycles. The van der Waals surface area contributed by atoms with Gasteiger partial charge in [0.15, 0.2) is 6.61 Å². The van der Waals surface area contributed by atoms with Gasteiger partial charge in [0.2, 0.25) is 0 Å². The molecule has 1 heterocycles. The first kappa shape index (κ1) is 20.2. The van der Waals surface area contributed by atoms with Crippen molar-refractivity contribution >= 4 is 39.7 Å². The van der Waals surface area contributed by atoms with Gasteiger partial charge in [0.05, 0.1) is 11.2 Å². The van der Waals surface area contributed by atoms with E-state index in [0.29, 0.717) is 22.3 Å². The number of amides is 1. The molecule has 3 rings (SSSR count). The van der Waals surface area contributed by atoms with Crippen LogP contribution >= 0.6 is 27.5 Å². The van der Waals surface area contributed by atoms with Crippen molar-refractivity contribution in [3.8, 4) is 17.1 Å². The quantitative estimate of drug-likeness (QED) is 0.389. The molecule has 0 fully saturated rings. The van der Waals surface area contributed by atoms with Crippen LogP contribution in [-0.4, -0.2) is 18.7 Å². The third-order valence-electron chi connectivity index (χ3n) is 3.97. The minimum absolute atomic E-state index is 0.120. The summed E-state index contributed by atoms with van der Waals surface area (Å²) in [7, 11) is 0. The first-order valence-corrected chi connectivity index (χ1v) is 9.67. The molecule has 2 aromatic carbocycles. The number of furan rings is 1. The van der Waals surface area contributed by atoms with Crippen molar-refractivity contribution in [1.82, 2.24) is 5.43 Å². The van der Waals surface area contributed by atoms with Crippen molar-refractivity contribution in [1.29, 1.82) is 0 Å². The van der Waals surface area contributed by atoms with E-state index in [9.17, 15) is 4.79 Å². The number of carbonyl (C=O) groups excluding carboxylic acids is 1. The van der Waals surface area contributed by atoms with Gasteiger partial charge >= 0.3 is 0 Å². The van der Waals surface area contributed by atoms with E-state index in [1.807, 2.05) is 50.2 Å². The Bertz CT molecular complexity index is 1010. The van der Waals surface area contributed by atoms with Gasteiger partial charge in [0, 0.05) is 10.0 Å². The molecule has 1 N–H and O–H groups in total. The molecule has 7 heteroatoms. The second kappa shape index (κ2) is 9.08. The number of hydrogen-bond acceptors (Lipinski definition) is 4. The standard InChI is InChI=1S/C21H18BrClN2O3/c1-13-4-3-5-14(2)21(13)27-12-20(26)25-24-11-16-7-9-19(28-16)15-6-8-18(23)17(22)10-15/h3-11H,12H2,1-2H3,(H,25,26)/b24-11-. The molecule has 0 radical (unpaired) electrons. The topological polar surface area (TPSA) is 63.8 Å². The Labute approximate surface area is 176 Å². The third kappa shape index (κ3) is 5.03. The molecule has 0 saturated heterocycles. The van der Waals surface area contributed by atoms with E-state index >= 15 is 0 Å². The first-order chi connectivity index (χ1) is 13.4. The summed E-state index contributed by atoms with van der Waals surface area (Å²) in [4.78, 5) is 11.9. The van der Waals surface area contributed by atoms with Crippen LogP contribution in [0.3, 0.4) is 0 Å². The third-order valence-corrected chi connectivity index (χ3v) is 5.18. The normalized spacial score (nSPS) is 11.0. The lowest BCUT2D eigenvalue weighted by Gasteiger charge is -2.10. The predicted octanol–water partition coefficient (Wildman–Crippen LogP) is 5.51. The molecule has 0 aliphatic rings. The number of benzene rings is 2. The summed E-state index contributed by atoms with van der Waals surface area (Å²) in [6.45, 7) is 3.75. The van der Waals surface area contributed by atoms with Crippen LogP contribution in [-0.2, 0) is 4.79 Å². The molecule has 144 valence electrons. The summed E-state index contributed by atoms with van der Waals surface area (Å²) in [6, 6.07) is 14.9. The van der Waals surface area contributed by atoms with Gasteiger partial charge in [-0.1, -0.05) is 29.8 Å². The Kier molecular flexibility index (Phi) is 6.54. The second-order valence-corrected chi connectivity index (χ2v) is 7.40. The van der Waals surface area contributed by atoms with Crippen molar-refractivity contribution in [3.63, 3.8) is 0 Å². The number of nitrogens with zero attached hydrogens (tertiary/aromatic N) is 1. The van der Waals surface area contributed by atoms with Crippen molar-refractivity contribution < 1.29 is 13.9 Å². The lowest BCUT2D eigenvalue weighted by Crippen LogP contribution is -2.24. The van der Waals surface area contributed by atoms with Crippen LogP contribution in [0.25, 0.3) is 11.3 Å². The number of nitrogens with one attached hydrogen (secondary N) is 1. The van der Waals surface area contributed by atoms with E-state index in [1.165, 1.54) is 6.21 Å². The second-order valence-electron chi connectivity index (χ2n) is 6.13. The van der Waals surface area contributed by atoms with Gasteiger partial charge in [-0.3, -0.25) is 4.79 Å². The van der Waals surface area contributed by atoms with Gasteiger partial charge in [-0.15, -0.1) is 0 Å². The number of hydrogen-bond donors (Lipinski definition) is 1. The summed E-state index contributed by atoms with van der Waals surface area (Å²) >= 11 is 9.39. The van der Waals surface area contributed by atoms with Crippen LogP contribution in [0.5, 0.6) is 5.75 Å². The van der Waals surface area contributed by atoms with Gasteiger partial charge in [-0.2, -0.15) is 5.10 Å². The molecule has 0 aliphatic heterocycles. The smallest absolute Gasteiger partial charge is 0.277 e. The summed E-state index contributed by atoms with van der Waals surface area (Å²) in [5.41, 5.74) is 5.26. The SMILES string of the molecule is Cc1cccc(C)c1OCC(=O)N/N=C\c1ccc(-c2ccc(Cl)c(Br)c2)o1. The number of rotatable bonds is 6. The summed E-state index contributed by atoms with van der Waals surface area (Å²) in [5, 5.41) is 4.54. The highest BCUT2D eigenvalue weighted by Gasteiger charge is 2.08. The zero-order valence-electron chi connectivity index (χ0n) is 15.3. The van der Waals surface area contributed by atoms with E-state index in [2.05, 4.69) is 26.5 Å². The van der Waals surface area contributed by atoms with E-state index in [0.717, 1.165) is 21.2 Å². The molecule has 0 saturated carbocycles. The largest absolute Gasteiger partial charge is 0.483 e. The number of carbonyl (C=O) groups is 1. The number of para-hydroxylation sites is 1. The molecule has 5 nitrogen and oxygen atoms in total. The predicted molar refractivity (Wildman–Crippen MR) is 114 cm³/mol. The highest BCUT2D eigenvalue weighted by Crippen LogP contribution is 2.29. The van der Waals surface area contributed by atoms with Crippen LogP contribution in [0, 0.1) is 13.8 Å². The van der Waals surface area contributed by atoms with E-state index in [1.54, 1.807) is 12.1 Å². The molecular weight excluding hydrogens is 444 g/mol. The average Bonchev–Trinajstić information content (AvgIpc) is 3.12. The van der Waals surface area contributed by atoms with E-state index in [4.69, 9.17) is 20.8 Å². The summed E-state index contributed by atoms with van der Waals surface area (Å²) in [5.74, 6) is 1.54. The fourth-order valence-electron chi connectivity index (χ4n) is 2.59. The fourth-order valence-corrected chi connectivity index (χ4v) is 3.09. The van der Waals surface area contributed by atoms with Crippen molar-refractivity contribution in [2.24, 2.45) is 5.10 Å². The van der Waals surface area contributed by atoms with Crippen molar-refractivity contribution in [3.05, 3.63) is 74.9 Å². The molecule has 0 atom stereocenters. The maximum absolute atomic E-state index is 11.9. The number of hydrazone groups is 1. The lowest BCUT2D eigenvalue weighted by molar-refractivity contribution is -0.123. The van der Waals surface area contributed by atoms with Crippen LogP contribution < -0.4 is 10.2 Å². The Balaban J connectivity index is 1.55. The molecule has 0 spiro atoms. The van der Waals surface area contributed by atoms with Gasteiger partial charge in [0.1, 0.15) is 17.3 Å². The van der Waals surface area contributed by atoms with E-state index in [-0.39, 0.29) is 12.5 Å². The zero-order valence-corrected chi connectivity index (χ0v) is 17.7. The van der Waals surface area contributed by atoms with Gasteiger partial charge in [-0.05, 0) is 71.2 Å². The Morgan fingerprint density at radius 3 is 2.68 bits per heavy atom. The lowest BCUT2D eigenvalue weighted by atomic mass is 10.1. The van der Waals surface area contributed by atoms with Crippen molar-refractivity contribution in [2.75, 3.05) is 6.61 Å². The van der Waals surface area contributed by atoms with Gasteiger partial charge < -0.3 is 9.15 Å². The minimum atomic E-state index is -0.354. The number of ether oxygens (including phenoxy) is 1. The van der Waals surface area contributed by atoms with Crippen LogP contribution in [0.1, 0.15) is 16.9 Å². The van der Waals surface area contributed by atoms with Gasteiger partial charge in [-0.25, -0.2) is 5.43 Å². The monoisotopic (exact) mass is 460 g/mol. The Morgan fingerprint density at radius 1 is 1.21 bits per heavy atom. The maximum atomic E-state index is 11.9. The summed E-state index contributed by atoms with van der Waals surface area (Å²) < 4.78 is 12.1. The number of aryl methyl sites for hydroxylation is 2. The fraction of sp³-hybridized carbons (Fsp3) is 0.143. The molecular formula is C21H18BrClN2O3. The first-order valence-electron chi connectivity index (χ1n) is 8.50. The minimum Gasteiger partial charge on any atom is -0.483 e.